The fraction of sp³-hybridized carbons (Fsp3) is 0.750. The summed E-state index contributed by atoms with van der Waals surface area (Å²) in [5.74, 6) is 0.351. The van der Waals surface area contributed by atoms with Gasteiger partial charge in [-0.2, -0.15) is 0 Å². The lowest BCUT2D eigenvalue weighted by atomic mass is 9.76. The molecule has 1 heterocycles. The van der Waals surface area contributed by atoms with E-state index in [-0.39, 0.29) is 12.6 Å². The van der Waals surface area contributed by atoms with E-state index in [1.807, 2.05) is 20.8 Å². The summed E-state index contributed by atoms with van der Waals surface area (Å²) in [6, 6.07) is -0.215. The zero-order valence-corrected chi connectivity index (χ0v) is 14.6. The van der Waals surface area contributed by atoms with Crippen LogP contribution < -0.4 is 10.6 Å². The lowest BCUT2D eigenvalue weighted by Gasteiger charge is -2.39. The standard InChI is InChI=1S/C16H27N3O2S/c1-11-14(22-12(2)18-11)9-17-15(21)19-16(3,10-20)13-7-5-4-6-8-13/h13,20H,4-10H2,1-3H3,(H2,17,19,21). The van der Waals surface area contributed by atoms with E-state index in [0.717, 1.165) is 28.4 Å². The Morgan fingerprint density at radius 2 is 2.05 bits per heavy atom. The number of urea groups is 1. The monoisotopic (exact) mass is 325 g/mol. The third-order valence-electron chi connectivity index (χ3n) is 4.64. The highest BCUT2D eigenvalue weighted by Gasteiger charge is 2.35. The zero-order chi connectivity index (χ0) is 16.2. The molecule has 0 bridgehead atoms. The average molecular weight is 325 g/mol. The second-order valence-electron chi connectivity index (χ2n) is 6.46. The molecule has 22 heavy (non-hydrogen) atoms. The van der Waals surface area contributed by atoms with Gasteiger partial charge in [-0.05, 0) is 39.5 Å². The maximum absolute atomic E-state index is 12.2. The van der Waals surface area contributed by atoms with Gasteiger partial charge in [-0.25, -0.2) is 9.78 Å². The fourth-order valence-electron chi connectivity index (χ4n) is 3.21. The molecule has 2 rings (SSSR count). The van der Waals surface area contributed by atoms with Crippen molar-refractivity contribution < 1.29 is 9.90 Å². The van der Waals surface area contributed by atoms with Crippen molar-refractivity contribution in [1.82, 2.24) is 15.6 Å². The van der Waals surface area contributed by atoms with Gasteiger partial charge >= 0.3 is 6.03 Å². The molecular weight excluding hydrogens is 298 g/mol. The van der Waals surface area contributed by atoms with Gasteiger partial charge in [0.1, 0.15) is 0 Å². The van der Waals surface area contributed by atoms with Crippen LogP contribution in [0.1, 0.15) is 54.6 Å². The maximum Gasteiger partial charge on any atom is 0.315 e. The van der Waals surface area contributed by atoms with Crippen LogP contribution in [0.25, 0.3) is 0 Å². The van der Waals surface area contributed by atoms with Crippen molar-refractivity contribution in [2.75, 3.05) is 6.61 Å². The molecule has 0 saturated heterocycles. The van der Waals surface area contributed by atoms with Crippen LogP contribution in [0, 0.1) is 19.8 Å². The van der Waals surface area contributed by atoms with Crippen LogP contribution in [0.15, 0.2) is 0 Å². The van der Waals surface area contributed by atoms with Crippen LogP contribution in [0.5, 0.6) is 0 Å². The fourth-order valence-corrected chi connectivity index (χ4v) is 4.09. The summed E-state index contributed by atoms with van der Waals surface area (Å²) in [6.07, 6.45) is 5.77. The number of nitrogens with one attached hydrogen (secondary N) is 2. The van der Waals surface area contributed by atoms with Crippen molar-refractivity contribution in [3.63, 3.8) is 0 Å². The molecule has 5 nitrogen and oxygen atoms in total. The molecule has 1 aliphatic carbocycles. The zero-order valence-electron chi connectivity index (χ0n) is 13.7. The Morgan fingerprint density at radius 1 is 1.36 bits per heavy atom. The van der Waals surface area contributed by atoms with E-state index in [0.29, 0.717) is 12.5 Å². The molecule has 1 aliphatic rings. The van der Waals surface area contributed by atoms with Gasteiger partial charge in [0.15, 0.2) is 0 Å². The molecule has 1 atom stereocenters. The number of amides is 2. The number of aromatic nitrogens is 1. The smallest absolute Gasteiger partial charge is 0.315 e. The maximum atomic E-state index is 12.2. The first-order valence-electron chi connectivity index (χ1n) is 8.04. The number of carbonyl (C=O) groups is 1. The lowest BCUT2D eigenvalue weighted by Crippen LogP contribution is -2.57. The number of thiazole rings is 1. The molecule has 3 N–H and O–H groups in total. The minimum Gasteiger partial charge on any atom is -0.394 e. The Kier molecular flexibility index (Phi) is 5.81. The van der Waals surface area contributed by atoms with E-state index >= 15 is 0 Å². The van der Waals surface area contributed by atoms with Gasteiger partial charge < -0.3 is 15.7 Å². The molecule has 0 spiro atoms. The van der Waals surface area contributed by atoms with E-state index < -0.39 is 5.54 Å². The first kappa shape index (κ1) is 17.2. The van der Waals surface area contributed by atoms with E-state index in [2.05, 4.69) is 15.6 Å². The molecule has 124 valence electrons. The van der Waals surface area contributed by atoms with E-state index in [9.17, 15) is 9.90 Å². The molecule has 1 saturated carbocycles. The Morgan fingerprint density at radius 3 is 2.59 bits per heavy atom. The molecule has 1 aromatic rings. The topological polar surface area (TPSA) is 74.2 Å². The van der Waals surface area contributed by atoms with Gasteiger partial charge in [0.25, 0.3) is 0 Å². The summed E-state index contributed by atoms with van der Waals surface area (Å²) in [6.45, 7) is 6.33. The minimum atomic E-state index is -0.539. The van der Waals surface area contributed by atoms with Gasteiger partial charge in [0.05, 0.1) is 29.4 Å². The quantitative estimate of drug-likeness (QED) is 0.779. The predicted octanol–water partition coefficient (Wildman–Crippen LogP) is 2.89. The number of aryl methyl sites for hydroxylation is 2. The molecule has 0 radical (unpaired) electrons. The Labute approximate surface area is 136 Å². The van der Waals surface area contributed by atoms with Crippen molar-refractivity contribution in [2.45, 2.75) is 65.0 Å². The van der Waals surface area contributed by atoms with Crippen molar-refractivity contribution in [3.05, 3.63) is 15.6 Å². The number of hydrogen-bond acceptors (Lipinski definition) is 4. The van der Waals surface area contributed by atoms with Crippen LogP contribution in [0.2, 0.25) is 0 Å². The molecule has 2 amide bonds. The second kappa shape index (κ2) is 7.42. The third kappa shape index (κ3) is 4.20. The van der Waals surface area contributed by atoms with Gasteiger partial charge in [-0.1, -0.05) is 19.3 Å². The normalized spacial score (nSPS) is 18.7. The van der Waals surface area contributed by atoms with E-state index in [1.165, 1.54) is 19.3 Å². The first-order chi connectivity index (χ1) is 10.4. The number of rotatable bonds is 5. The third-order valence-corrected chi connectivity index (χ3v) is 5.72. The van der Waals surface area contributed by atoms with Crippen molar-refractivity contribution in [3.8, 4) is 0 Å². The summed E-state index contributed by atoms with van der Waals surface area (Å²) in [5.41, 5.74) is 0.434. The van der Waals surface area contributed by atoms with Gasteiger partial charge in [-0.3, -0.25) is 0 Å². The van der Waals surface area contributed by atoms with Gasteiger partial charge in [0, 0.05) is 4.88 Å². The number of carbonyl (C=O) groups excluding carboxylic acids is 1. The Bertz CT molecular complexity index is 511. The summed E-state index contributed by atoms with van der Waals surface area (Å²) in [7, 11) is 0. The van der Waals surface area contributed by atoms with Gasteiger partial charge in [-0.15, -0.1) is 11.3 Å². The highest BCUT2D eigenvalue weighted by molar-refractivity contribution is 7.11. The number of nitrogens with zero attached hydrogens (tertiary/aromatic N) is 1. The second-order valence-corrected chi connectivity index (χ2v) is 7.75. The summed E-state index contributed by atoms with van der Waals surface area (Å²) >= 11 is 1.61. The van der Waals surface area contributed by atoms with Crippen molar-refractivity contribution in [2.24, 2.45) is 5.92 Å². The number of aliphatic hydroxyl groups is 1. The molecule has 0 aliphatic heterocycles. The lowest BCUT2D eigenvalue weighted by molar-refractivity contribution is 0.101. The van der Waals surface area contributed by atoms with Crippen molar-refractivity contribution in [1.29, 1.82) is 0 Å². The van der Waals surface area contributed by atoms with Crippen molar-refractivity contribution >= 4 is 17.4 Å². The number of hydrogen-bond donors (Lipinski definition) is 3. The highest BCUT2D eigenvalue weighted by Crippen LogP contribution is 2.32. The molecule has 1 aromatic heterocycles. The van der Waals surface area contributed by atoms with Crippen LogP contribution in [-0.4, -0.2) is 28.3 Å². The number of aliphatic hydroxyl groups excluding tert-OH is 1. The van der Waals surface area contributed by atoms with Gasteiger partial charge in [0.2, 0.25) is 0 Å². The Hall–Kier alpha value is -1.14. The SMILES string of the molecule is Cc1nc(C)c(CNC(=O)NC(C)(CO)C2CCCCC2)s1. The molecule has 1 fully saturated rings. The largest absolute Gasteiger partial charge is 0.394 e. The van der Waals surface area contributed by atoms with Crippen LogP contribution in [-0.2, 0) is 6.54 Å². The van der Waals surface area contributed by atoms with Crippen LogP contribution in [0.3, 0.4) is 0 Å². The summed E-state index contributed by atoms with van der Waals surface area (Å²) < 4.78 is 0. The molecule has 6 heteroatoms. The van der Waals surface area contributed by atoms with Crippen LogP contribution >= 0.6 is 11.3 Å². The van der Waals surface area contributed by atoms with E-state index in [1.54, 1.807) is 11.3 Å². The highest BCUT2D eigenvalue weighted by atomic mass is 32.1. The average Bonchev–Trinajstić information content (AvgIpc) is 2.84. The summed E-state index contributed by atoms with van der Waals surface area (Å²) in [5, 5.41) is 16.7. The summed E-state index contributed by atoms with van der Waals surface area (Å²) in [4.78, 5) is 17.6. The molecule has 1 unspecified atom stereocenters. The van der Waals surface area contributed by atoms with Crippen LogP contribution in [0.4, 0.5) is 4.79 Å². The molecule has 0 aromatic carbocycles. The van der Waals surface area contributed by atoms with E-state index in [4.69, 9.17) is 0 Å². The molecular formula is C16H27N3O2S. The first-order valence-corrected chi connectivity index (χ1v) is 8.86. The predicted molar refractivity (Wildman–Crippen MR) is 89.0 cm³/mol. The Balaban J connectivity index is 1.90. The minimum absolute atomic E-state index is 0.0240.